The fraction of sp³-hybridized carbons (Fsp3) is 0.273. The molecule has 0 saturated carbocycles. The number of nitrogens with one attached hydrogen (secondary N) is 1. The summed E-state index contributed by atoms with van der Waals surface area (Å²) < 4.78 is 14.2. The van der Waals surface area contributed by atoms with Crippen LogP contribution in [-0.2, 0) is 17.8 Å². The first-order valence-electron chi connectivity index (χ1n) is 10.2. The van der Waals surface area contributed by atoms with Crippen molar-refractivity contribution in [2.75, 3.05) is 12.3 Å². The van der Waals surface area contributed by atoms with Crippen LogP contribution in [0.3, 0.4) is 0 Å². The van der Waals surface area contributed by atoms with Crippen LogP contribution in [0.5, 0.6) is 0 Å². The number of amides is 1. The van der Waals surface area contributed by atoms with Crippen molar-refractivity contribution in [2.45, 2.75) is 32.0 Å². The highest BCUT2D eigenvalue weighted by Gasteiger charge is 2.27. The zero-order valence-electron chi connectivity index (χ0n) is 16.8. The summed E-state index contributed by atoms with van der Waals surface area (Å²) in [6.45, 7) is 1.31. The van der Waals surface area contributed by atoms with E-state index < -0.39 is 5.91 Å². The lowest BCUT2D eigenvalue weighted by Crippen LogP contribution is -2.46. The molecule has 1 aliphatic heterocycles. The van der Waals surface area contributed by atoms with E-state index in [1.807, 2.05) is 6.07 Å². The molecule has 0 aliphatic carbocycles. The van der Waals surface area contributed by atoms with Crippen molar-refractivity contribution in [1.29, 1.82) is 0 Å². The number of carbonyl (C=O) groups excluding carboxylic acids is 1. The summed E-state index contributed by atoms with van der Waals surface area (Å²) in [6, 6.07) is 10.4. The molecular weight excluding hydrogens is 398 g/mol. The number of anilines is 1. The fourth-order valence-electron chi connectivity index (χ4n) is 3.94. The fourth-order valence-corrected chi connectivity index (χ4v) is 3.94. The van der Waals surface area contributed by atoms with Crippen molar-refractivity contribution in [2.24, 2.45) is 0 Å². The molecule has 1 fully saturated rings. The molecule has 1 aliphatic rings. The summed E-state index contributed by atoms with van der Waals surface area (Å²) in [5.41, 5.74) is 7.34. The number of nitrogens with two attached hydrogens (primary N) is 1. The average molecular weight is 420 g/mol. The second-order valence-corrected chi connectivity index (χ2v) is 7.53. The van der Waals surface area contributed by atoms with E-state index in [-0.39, 0.29) is 29.6 Å². The smallest absolute Gasteiger partial charge is 0.278 e. The minimum Gasteiger partial charge on any atom is -0.467 e. The Morgan fingerprint density at radius 3 is 3.00 bits per heavy atom. The predicted octanol–water partition coefficient (Wildman–Crippen LogP) is 1.42. The predicted molar refractivity (Wildman–Crippen MR) is 112 cm³/mol. The molecule has 9 nitrogen and oxygen atoms in total. The zero-order valence-corrected chi connectivity index (χ0v) is 16.8. The topological polar surface area (TPSA) is 116 Å². The molecule has 4 aromatic rings. The van der Waals surface area contributed by atoms with Crippen LogP contribution in [0.2, 0.25) is 0 Å². The summed E-state index contributed by atoms with van der Waals surface area (Å²) in [5.74, 6) is 0.467. The maximum atomic E-state index is 13.2. The van der Waals surface area contributed by atoms with Gasteiger partial charge in [0.15, 0.2) is 0 Å². The largest absolute Gasteiger partial charge is 0.467 e. The number of pyridine rings is 2. The maximum Gasteiger partial charge on any atom is 0.278 e. The van der Waals surface area contributed by atoms with Crippen LogP contribution >= 0.6 is 0 Å². The Morgan fingerprint density at radius 2 is 2.23 bits per heavy atom. The average Bonchev–Trinajstić information content (AvgIpc) is 3.48. The standard InChI is InChI=1S/C22H21N5O4/c23-19-16(21(28)24-12-14-5-3-9-30-14)11-17-20(27(19)13-15-6-4-10-31-15)25-18-7-1-2-8-26(18)22(17)29/h1-3,5,7-9,11,15,23H,4,6,10,12-13H2,(H,24,28)/p+1. The molecule has 1 amide bonds. The van der Waals surface area contributed by atoms with E-state index in [1.54, 1.807) is 41.3 Å². The van der Waals surface area contributed by atoms with E-state index in [0.717, 1.165) is 12.8 Å². The second-order valence-electron chi connectivity index (χ2n) is 7.53. The number of furan rings is 1. The number of carbonyl (C=O) groups is 1. The van der Waals surface area contributed by atoms with Crippen molar-refractivity contribution < 1.29 is 18.5 Å². The number of hydrogen-bond acceptors (Lipinski definition) is 6. The molecule has 9 heteroatoms. The third kappa shape index (κ3) is 3.53. The molecule has 5 heterocycles. The van der Waals surface area contributed by atoms with E-state index in [4.69, 9.17) is 14.9 Å². The van der Waals surface area contributed by atoms with Gasteiger partial charge in [0.25, 0.3) is 17.1 Å². The van der Waals surface area contributed by atoms with E-state index >= 15 is 0 Å². The van der Waals surface area contributed by atoms with Gasteiger partial charge in [-0.25, -0.2) is 4.57 Å². The van der Waals surface area contributed by atoms with Gasteiger partial charge < -0.3 is 20.2 Å². The van der Waals surface area contributed by atoms with E-state index in [9.17, 15) is 9.59 Å². The number of aromatic nitrogens is 3. The number of fused-ring (bicyclic) bond motifs is 2. The van der Waals surface area contributed by atoms with Crippen LogP contribution in [0.1, 0.15) is 29.0 Å². The number of nitrogens with zero attached hydrogens (tertiary/aromatic N) is 3. The van der Waals surface area contributed by atoms with Crippen molar-refractivity contribution in [3.63, 3.8) is 0 Å². The molecule has 1 atom stereocenters. The molecule has 1 saturated heterocycles. The molecule has 158 valence electrons. The van der Waals surface area contributed by atoms with Crippen molar-refractivity contribution in [3.05, 3.63) is 70.5 Å². The Labute approximate surface area is 177 Å². The molecule has 1 unspecified atom stereocenters. The van der Waals surface area contributed by atoms with Gasteiger partial charge in [-0.3, -0.25) is 14.0 Å². The van der Waals surface area contributed by atoms with Crippen molar-refractivity contribution >= 4 is 28.4 Å². The van der Waals surface area contributed by atoms with Crippen molar-refractivity contribution in [3.8, 4) is 0 Å². The van der Waals surface area contributed by atoms with Gasteiger partial charge in [-0.2, -0.15) is 0 Å². The Hall–Kier alpha value is -3.72. The summed E-state index contributed by atoms with van der Waals surface area (Å²) in [5, 5.41) is 3.12. The summed E-state index contributed by atoms with van der Waals surface area (Å²) in [6.07, 6.45) is 4.99. The van der Waals surface area contributed by atoms with Crippen LogP contribution in [0.25, 0.3) is 16.7 Å². The first-order chi connectivity index (χ1) is 15.1. The highest BCUT2D eigenvalue weighted by molar-refractivity contribution is 6.00. The third-order valence-corrected chi connectivity index (χ3v) is 5.52. The number of nitrogen functional groups attached to an aromatic ring is 1. The minimum atomic E-state index is -0.394. The zero-order chi connectivity index (χ0) is 21.4. The number of hydrogen-bond donors (Lipinski definition) is 2. The summed E-state index contributed by atoms with van der Waals surface area (Å²) in [4.78, 5) is 30.8. The molecule has 0 spiro atoms. The van der Waals surface area contributed by atoms with Crippen LogP contribution < -0.4 is 21.2 Å². The maximum absolute atomic E-state index is 13.2. The van der Waals surface area contributed by atoms with Gasteiger partial charge in [0, 0.05) is 12.8 Å². The van der Waals surface area contributed by atoms with Crippen LogP contribution in [-0.4, -0.2) is 28.0 Å². The Morgan fingerprint density at radius 1 is 1.32 bits per heavy atom. The molecule has 4 aromatic heterocycles. The lowest BCUT2D eigenvalue weighted by Gasteiger charge is -2.15. The molecular formula is C22H22N5O4+. The normalized spacial score (nSPS) is 16.2. The van der Waals surface area contributed by atoms with E-state index in [1.165, 1.54) is 10.5 Å². The molecule has 3 N–H and O–H groups in total. The van der Waals surface area contributed by atoms with Gasteiger partial charge in [-0.1, -0.05) is 11.1 Å². The van der Waals surface area contributed by atoms with Gasteiger partial charge in [-0.05, 0) is 43.2 Å². The summed E-state index contributed by atoms with van der Waals surface area (Å²) >= 11 is 0. The Balaban J connectivity index is 1.65. The lowest BCUT2D eigenvalue weighted by atomic mass is 10.1. The van der Waals surface area contributed by atoms with Gasteiger partial charge >= 0.3 is 0 Å². The molecule has 5 rings (SSSR count). The van der Waals surface area contributed by atoms with Gasteiger partial charge in [0.05, 0.1) is 25.5 Å². The van der Waals surface area contributed by atoms with E-state index in [0.29, 0.717) is 35.6 Å². The number of ether oxygens (including phenoxy) is 1. The minimum absolute atomic E-state index is 0.0482. The highest BCUT2D eigenvalue weighted by atomic mass is 16.5. The SMILES string of the molecule is Nc1c(C(=O)NCc2ccco2)cc2c(=O)n3ccccc3nc2[n+]1CC1CCCO1. The Kier molecular flexibility index (Phi) is 4.87. The summed E-state index contributed by atoms with van der Waals surface area (Å²) in [7, 11) is 0. The third-order valence-electron chi connectivity index (χ3n) is 5.52. The molecule has 0 bridgehead atoms. The monoisotopic (exact) mass is 420 g/mol. The van der Waals surface area contributed by atoms with Crippen LogP contribution in [0.15, 0.2) is 58.1 Å². The van der Waals surface area contributed by atoms with Crippen molar-refractivity contribution in [1.82, 2.24) is 14.7 Å². The van der Waals surface area contributed by atoms with Crippen LogP contribution in [0, 0.1) is 0 Å². The first kappa shape index (κ1) is 19.3. The lowest BCUT2D eigenvalue weighted by molar-refractivity contribution is -0.666. The first-order valence-corrected chi connectivity index (χ1v) is 10.2. The highest BCUT2D eigenvalue weighted by Crippen LogP contribution is 2.18. The Bertz CT molecular complexity index is 1320. The second kappa shape index (κ2) is 7.84. The quantitative estimate of drug-likeness (QED) is 0.373. The van der Waals surface area contributed by atoms with E-state index in [2.05, 4.69) is 10.3 Å². The van der Waals surface area contributed by atoms with Gasteiger partial charge in [-0.15, -0.1) is 0 Å². The molecule has 0 radical (unpaired) electrons. The van der Waals surface area contributed by atoms with Gasteiger partial charge in [0.2, 0.25) is 11.5 Å². The molecule has 0 aromatic carbocycles. The van der Waals surface area contributed by atoms with Gasteiger partial charge in [0.1, 0.15) is 16.7 Å². The molecule has 31 heavy (non-hydrogen) atoms. The number of rotatable bonds is 5. The van der Waals surface area contributed by atoms with Crippen LogP contribution in [0.4, 0.5) is 5.82 Å².